The first-order chi connectivity index (χ1) is 11.5. The molecule has 1 N–H and O–H groups in total. The Kier molecular flexibility index (Phi) is 4.35. The third-order valence-corrected chi connectivity index (χ3v) is 4.02. The number of aryl methyl sites for hydroxylation is 1. The van der Waals surface area contributed by atoms with Gasteiger partial charge in [0.15, 0.2) is 5.92 Å². The van der Waals surface area contributed by atoms with E-state index >= 15 is 0 Å². The van der Waals surface area contributed by atoms with Crippen LogP contribution in [0.25, 0.3) is 0 Å². The first-order valence-electron chi connectivity index (χ1n) is 7.72. The summed E-state index contributed by atoms with van der Waals surface area (Å²) in [4.78, 5) is 28.6. The molecule has 7 nitrogen and oxygen atoms in total. The topological polar surface area (TPSA) is 80.2 Å². The van der Waals surface area contributed by atoms with Crippen LogP contribution in [0.15, 0.2) is 35.1 Å². The molecule has 0 aromatic heterocycles. The van der Waals surface area contributed by atoms with Gasteiger partial charge in [-0.1, -0.05) is 6.07 Å². The number of amides is 1. The summed E-state index contributed by atoms with van der Waals surface area (Å²) in [6, 6.07) is 5.53. The second kappa shape index (κ2) is 6.45. The maximum Gasteiger partial charge on any atom is 0.324 e. The number of fused-ring (bicyclic) bond motifs is 1. The third-order valence-electron chi connectivity index (χ3n) is 4.02. The number of hydrogen-bond acceptors (Lipinski definition) is 6. The number of methoxy groups -OCH3 is 1. The van der Waals surface area contributed by atoms with E-state index in [4.69, 9.17) is 9.47 Å². The SMILES string of the molecule is CCOC(=O)C1C=NC2=CC(c3cc(OC)ccc3C)NN2C1=O. The average Bonchev–Trinajstić information content (AvgIpc) is 3.00. The fourth-order valence-corrected chi connectivity index (χ4v) is 2.73. The summed E-state index contributed by atoms with van der Waals surface area (Å²) in [5, 5.41) is 1.31. The van der Waals surface area contributed by atoms with Crippen molar-refractivity contribution < 1.29 is 19.1 Å². The monoisotopic (exact) mass is 329 g/mol. The molecule has 2 heterocycles. The van der Waals surface area contributed by atoms with E-state index in [1.165, 1.54) is 11.2 Å². The molecule has 0 fully saturated rings. The van der Waals surface area contributed by atoms with Gasteiger partial charge in [-0.15, -0.1) is 0 Å². The van der Waals surface area contributed by atoms with Crippen LogP contribution in [-0.2, 0) is 14.3 Å². The van der Waals surface area contributed by atoms with Gasteiger partial charge in [-0.05, 0) is 43.2 Å². The van der Waals surface area contributed by atoms with E-state index in [1.807, 2.05) is 31.2 Å². The molecule has 0 saturated carbocycles. The van der Waals surface area contributed by atoms with Gasteiger partial charge in [-0.2, -0.15) is 0 Å². The molecule has 2 unspecified atom stereocenters. The number of nitrogens with one attached hydrogen (secondary N) is 1. The second-order valence-electron chi connectivity index (χ2n) is 5.54. The molecule has 2 atom stereocenters. The fraction of sp³-hybridized carbons (Fsp3) is 0.353. The molecule has 1 amide bonds. The molecule has 126 valence electrons. The van der Waals surface area contributed by atoms with Crippen molar-refractivity contribution in [1.82, 2.24) is 10.4 Å². The Balaban J connectivity index is 1.84. The predicted molar refractivity (Wildman–Crippen MR) is 87.2 cm³/mol. The molecular weight excluding hydrogens is 310 g/mol. The van der Waals surface area contributed by atoms with E-state index in [1.54, 1.807) is 14.0 Å². The van der Waals surface area contributed by atoms with Crippen LogP contribution in [0.1, 0.15) is 24.1 Å². The van der Waals surface area contributed by atoms with Crippen LogP contribution in [0.2, 0.25) is 0 Å². The number of aliphatic imine (C=N–C) groups is 1. The van der Waals surface area contributed by atoms with Gasteiger partial charge in [0.05, 0.1) is 19.8 Å². The Morgan fingerprint density at radius 2 is 2.21 bits per heavy atom. The highest BCUT2D eigenvalue weighted by Gasteiger charge is 2.39. The van der Waals surface area contributed by atoms with Gasteiger partial charge in [-0.3, -0.25) is 9.59 Å². The number of hydrogen-bond donors (Lipinski definition) is 1. The standard InChI is InChI=1S/C17H19N3O4/c1-4-24-17(22)13-9-18-15-8-14(19-20(15)16(13)21)12-7-11(23-3)6-5-10(12)2/h5-9,13-14,19H,4H2,1-3H3. The molecule has 0 spiro atoms. The van der Waals surface area contributed by atoms with Crippen LogP contribution in [0, 0.1) is 12.8 Å². The van der Waals surface area contributed by atoms with Gasteiger partial charge in [0.1, 0.15) is 11.6 Å². The summed E-state index contributed by atoms with van der Waals surface area (Å²) < 4.78 is 10.2. The number of benzene rings is 1. The molecule has 2 aliphatic heterocycles. The second-order valence-corrected chi connectivity index (χ2v) is 5.54. The van der Waals surface area contributed by atoms with Gasteiger partial charge in [0.2, 0.25) is 0 Å². The Hall–Kier alpha value is -2.67. The van der Waals surface area contributed by atoms with Crippen molar-refractivity contribution in [2.45, 2.75) is 19.9 Å². The minimum absolute atomic E-state index is 0.220. The maximum absolute atomic E-state index is 12.5. The van der Waals surface area contributed by atoms with Gasteiger partial charge >= 0.3 is 5.97 Å². The molecule has 0 radical (unpaired) electrons. The van der Waals surface area contributed by atoms with Crippen molar-refractivity contribution in [3.8, 4) is 5.75 Å². The summed E-state index contributed by atoms with van der Waals surface area (Å²) in [6.07, 6.45) is 3.18. The zero-order chi connectivity index (χ0) is 17.3. The molecule has 1 aromatic carbocycles. The zero-order valence-corrected chi connectivity index (χ0v) is 13.8. The number of carbonyl (C=O) groups is 2. The normalized spacial score (nSPS) is 22.2. The van der Waals surface area contributed by atoms with E-state index < -0.39 is 17.8 Å². The molecular formula is C17H19N3O4. The number of rotatable bonds is 4. The number of carbonyl (C=O) groups excluding carboxylic acids is 2. The molecule has 0 bridgehead atoms. The van der Waals surface area contributed by atoms with Crippen molar-refractivity contribution >= 4 is 18.1 Å². The number of hydrazine groups is 1. The highest BCUT2D eigenvalue weighted by atomic mass is 16.5. The highest BCUT2D eigenvalue weighted by Crippen LogP contribution is 2.32. The molecule has 24 heavy (non-hydrogen) atoms. The summed E-state index contributed by atoms with van der Waals surface area (Å²) in [5.74, 6) is -0.779. The lowest BCUT2D eigenvalue weighted by atomic mass is 10.0. The summed E-state index contributed by atoms with van der Waals surface area (Å²) in [7, 11) is 1.61. The maximum atomic E-state index is 12.5. The zero-order valence-electron chi connectivity index (χ0n) is 13.8. The third kappa shape index (κ3) is 2.78. The van der Waals surface area contributed by atoms with Crippen LogP contribution in [-0.4, -0.2) is 36.8 Å². The summed E-state index contributed by atoms with van der Waals surface area (Å²) in [5.41, 5.74) is 5.13. The Morgan fingerprint density at radius 1 is 1.42 bits per heavy atom. The number of esters is 1. The van der Waals surface area contributed by atoms with E-state index in [9.17, 15) is 9.59 Å². The number of nitrogens with zero attached hydrogens (tertiary/aromatic N) is 2. The van der Waals surface area contributed by atoms with Crippen LogP contribution in [0.3, 0.4) is 0 Å². The lowest BCUT2D eigenvalue weighted by Crippen LogP contribution is -2.47. The van der Waals surface area contributed by atoms with Crippen molar-refractivity contribution in [3.05, 3.63) is 41.2 Å². The van der Waals surface area contributed by atoms with E-state index in [0.29, 0.717) is 5.82 Å². The van der Waals surface area contributed by atoms with Crippen LogP contribution in [0.5, 0.6) is 5.75 Å². The number of ether oxygens (including phenoxy) is 2. The van der Waals surface area contributed by atoms with Crippen molar-refractivity contribution in [2.75, 3.05) is 13.7 Å². The minimum atomic E-state index is -1.01. The van der Waals surface area contributed by atoms with E-state index in [0.717, 1.165) is 16.9 Å². The van der Waals surface area contributed by atoms with E-state index in [2.05, 4.69) is 10.4 Å². The average molecular weight is 329 g/mol. The Morgan fingerprint density at radius 3 is 2.92 bits per heavy atom. The first kappa shape index (κ1) is 16.2. The largest absolute Gasteiger partial charge is 0.497 e. The lowest BCUT2D eigenvalue weighted by Gasteiger charge is -2.26. The van der Waals surface area contributed by atoms with Gasteiger partial charge < -0.3 is 9.47 Å². The fourth-order valence-electron chi connectivity index (χ4n) is 2.73. The smallest absolute Gasteiger partial charge is 0.324 e. The molecule has 0 aliphatic carbocycles. The first-order valence-corrected chi connectivity index (χ1v) is 7.72. The van der Waals surface area contributed by atoms with Crippen LogP contribution < -0.4 is 10.2 Å². The lowest BCUT2D eigenvalue weighted by molar-refractivity contribution is -0.152. The van der Waals surface area contributed by atoms with Crippen LogP contribution in [0.4, 0.5) is 0 Å². The molecule has 0 saturated heterocycles. The highest BCUT2D eigenvalue weighted by molar-refractivity contribution is 6.12. The molecule has 7 heteroatoms. The molecule has 1 aromatic rings. The molecule has 3 rings (SSSR count). The van der Waals surface area contributed by atoms with Crippen molar-refractivity contribution in [2.24, 2.45) is 10.9 Å². The summed E-state index contributed by atoms with van der Waals surface area (Å²) >= 11 is 0. The van der Waals surface area contributed by atoms with E-state index in [-0.39, 0.29) is 12.6 Å². The Bertz CT molecular complexity index is 741. The van der Waals surface area contributed by atoms with Gasteiger partial charge in [-0.25, -0.2) is 15.4 Å². The van der Waals surface area contributed by atoms with Gasteiger partial charge in [0.25, 0.3) is 5.91 Å². The van der Waals surface area contributed by atoms with Crippen LogP contribution >= 0.6 is 0 Å². The minimum Gasteiger partial charge on any atom is -0.497 e. The Labute approximate surface area is 139 Å². The van der Waals surface area contributed by atoms with Crippen molar-refractivity contribution in [1.29, 1.82) is 0 Å². The van der Waals surface area contributed by atoms with Gasteiger partial charge in [0, 0.05) is 6.21 Å². The van der Waals surface area contributed by atoms with Crippen molar-refractivity contribution in [3.63, 3.8) is 0 Å². The predicted octanol–water partition coefficient (Wildman–Crippen LogP) is 1.50. The quantitative estimate of drug-likeness (QED) is 0.669. The summed E-state index contributed by atoms with van der Waals surface area (Å²) in [6.45, 7) is 3.90. The molecule has 2 aliphatic rings.